The normalized spacial score (nSPS) is 22.5. The highest BCUT2D eigenvalue weighted by Gasteiger charge is 2.66. The predicted octanol–water partition coefficient (Wildman–Crippen LogP) is 4.57. The van der Waals surface area contributed by atoms with E-state index in [1.165, 1.54) is 11.1 Å². The molecule has 1 fully saturated rings. The van der Waals surface area contributed by atoms with Crippen molar-refractivity contribution >= 4 is 0 Å². The standard InChI is InChI=1S/C18H29N/c1-12(2)10-13-8-7-9-14(11-13)15(19)16-17(3,4)18(16,5)6/h7-9,11-12,15-16H,10,19H2,1-6H3. The summed E-state index contributed by atoms with van der Waals surface area (Å²) >= 11 is 0. The molecule has 0 radical (unpaired) electrons. The van der Waals surface area contributed by atoms with E-state index in [-0.39, 0.29) is 6.04 Å². The summed E-state index contributed by atoms with van der Waals surface area (Å²) in [5.41, 5.74) is 9.97. The second-order valence-corrected chi connectivity index (χ2v) is 7.79. The third-order valence-corrected chi connectivity index (χ3v) is 5.47. The molecule has 0 aliphatic heterocycles. The summed E-state index contributed by atoms with van der Waals surface area (Å²) in [5, 5.41) is 0. The summed E-state index contributed by atoms with van der Waals surface area (Å²) in [6.07, 6.45) is 1.14. The molecule has 0 aromatic heterocycles. The van der Waals surface area contributed by atoms with Crippen molar-refractivity contribution < 1.29 is 0 Å². The number of nitrogens with two attached hydrogens (primary N) is 1. The van der Waals surface area contributed by atoms with Gasteiger partial charge in [-0.25, -0.2) is 0 Å². The van der Waals surface area contributed by atoms with Gasteiger partial charge in [0, 0.05) is 6.04 Å². The molecule has 1 aliphatic rings. The molecule has 2 rings (SSSR count). The fraction of sp³-hybridized carbons (Fsp3) is 0.667. The van der Waals surface area contributed by atoms with E-state index < -0.39 is 0 Å². The van der Waals surface area contributed by atoms with Gasteiger partial charge in [-0.05, 0) is 40.2 Å². The van der Waals surface area contributed by atoms with Crippen LogP contribution in [0.1, 0.15) is 58.7 Å². The van der Waals surface area contributed by atoms with E-state index in [2.05, 4.69) is 65.8 Å². The number of hydrogen-bond acceptors (Lipinski definition) is 1. The van der Waals surface area contributed by atoms with Crippen LogP contribution in [0.5, 0.6) is 0 Å². The maximum Gasteiger partial charge on any atom is 0.0334 e. The van der Waals surface area contributed by atoms with Crippen molar-refractivity contribution in [2.45, 2.75) is 54.0 Å². The Bertz CT molecular complexity index is 443. The van der Waals surface area contributed by atoms with Crippen LogP contribution in [0.15, 0.2) is 24.3 Å². The van der Waals surface area contributed by atoms with E-state index in [4.69, 9.17) is 5.73 Å². The zero-order valence-electron chi connectivity index (χ0n) is 13.3. The zero-order valence-corrected chi connectivity index (χ0v) is 13.3. The van der Waals surface area contributed by atoms with Crippen LogP contribution in [-0.4, -0.2) is 0 Å². The Morgan fingerprint density at radius 2 is 1.68 bits per heavy atom. The Morgan fingerprint density at radius 3 is 2.16 bits per heavy atom. The maximum absolute atomic E-state index is 6.55. The largest absolute Gasteiger partial charge is 0.324 e. The molecular weight excluding hydrogens is 230 g/mol. The first kappa shape index (κ1) is 14.6. The molecule has 1 saturated carbocycles. The summed E-state index contributed by atoms with van der Waals surface area (Å²) in [7, 11) is 0. The lowest BCUT2D eigenvalue weighted by Crippen LogP contribution is -2.16. The molecule has 1 heteroatoms. The molecule has 1 aromatic carbocycles. The quantitative estimate of drug-likeness (QED) is 0.842. The molecule has 0 heterocycles. The average Bonchev–Trinajstić information content (AvgIpc) is 2.68. The Hall–Kier alpha value is -0.820. The van der Waals surface area contributed by atoms with Crippen LogP contribution in [0.2, 0.25) is 0 Å². The molecule has 0 spiro atoms. The topological polar surface area (TPSA) is 26.0 Å². The van der Waals surface area contributed by atoms with Crippen LogP contribution in [0.3, 0.4) is 0 Å². The van der Waals surface area contributed by atoms with Crippen LogP contribution >= 0.6 is 0 Å². The molecule has 2 N–H and O–H groups in total. The summed E-state index contributed by atoms with van der Waals surface area (Å²) in [6, 6.07) is 9.06. The van der Waals surface area contributed by atoms with Gasteiger partial charge in [-0.1, -0.05) is 65.8 Å². The van der Waals surface area contributed by atoms with Gasteiger partial charge in [0.1, 0.15) is 0 Å². The summed E-state index contributed by atoms with van der Waals surface area (Å²) in [4.78, 5) is 0. The van der Waals surface area contributed by atoms with E-state index in [0.717, 1.165) is 6.42 Å². The summed E-state index contributed by atoms with van der Waals surface area (Å²) < 4.78 is 0. The van der Waals surface area contributed by atoms with Crippen molar-refractivity contribution in [3.05, 3.63) is 35.4 Å². The fourth-order valence-electron chi connectivity index (χ4n) is 3.74. The second kappa shape index (κ2) is 4.63. The van der Waals surface area contributed by atoms with Crippen molar-refractivity contribution in [1.82, 2.24) is 0 Å². The van der Waals surface area contributed by atoms with Crippen LogP contribution < -0.4 is 5.73 Å². The van der Waals surface area contributed by atoms with Crippen LogP contribution in [0.4, 0.5) is 0 Å². The molecule has 1 aliphatic carbocycles. The molecule has 0 amide bonds. The van der Waals surface area contributed by atoms with E-state index >= 15 is 0 Å². The monoisotopic (exact) mass is 259 g/mol. The van der Waals surface area contributed by atoms with Gasteiger partial charge >= 0.3 is 0 Å². The van der Waals surface area contributed by atoms with Crippen molar-refractivity contribution in [2.75, 3.05) is 0 Å². The van der Waals surface area contributed by atoms with Gasteiger partial charge in [0.25, 0.3) is 0 Å². The minimum atomic E-state index is 0.164. The third-order valence-electron chi connectivity index (χ3n) is 5.47. The van der Waals surface area contributed by atoms with Gasteiger partial charge in [-0.3, -0.25) is 0 Å². The van der Waals surface area contributed by atoms with Crippen LogP contribution in [-0.2, 0) is 6.42 Å². The Labute approximate surface area is 118 Å². The second-order valence-electron chi connectivity index (χ2n) is 7.79. The van der Waals surface area contributed by atoms with E-state index in [1.54, 1.807) is 0 Å². The molecule has 1 aromatic rings. The van der Waals surface area contributed by atoms with Gasteiger partial charge in [0.15, 0.2) is 0 Å². The van der Waals surface area contributed by atoms with Gasteiger partial charge in [0.05, 0.1) is 0 Å². The van der Waals surface area contributed by atoms with E-state index in [9.17, 15) is 0 Å². The SMILES string of the molecule is CC(C)Cc1cccc(C(N)C2C(C)(C)C2(C)C)c1. The molecule has 1 nitrogen and oxygen atoms in total. The highest BCUT2D eigenvalue weighted by Crippen LogP contribution is 2.71. The molecule has 1 atom stereocenters. The van der Waals surface area contributed by atoms with Gasteiger partial charge in [-0.15, -0.1) is 0 Å². The lowest BCUT2D eigenvalue weighted by atomic mass is 9.94. The average molecular weight is 259 g/mol. The van der Waals surface area contributed by atoms with Gasteiger partial charge < -0.3 is 5.73 Å². The van der Waals surface area contributed by atoms with Gasteiger partial charge in [0.2, 0.25) is 0 Å². The lowest BCUT2D eigenvalue weighted by Gasteiger charge is -2.16. The first-order valence-corrected chi connectivity index (χ1v) is 7.52. The first-order chi connectivity index (χ1) is 8.68. The summed E-state index contributed by atoms with van der Waals surface area (Å²) in [5.74, 6) is 1.27. The van der Waals surface area contributed by atoms with Crippen molar-refractivity contribution in [2.24, 2.45) is 28.4 Å². The molecule has 106 valence electrons. The Morgan fingerprint density at radius 1 is 1.11 bits per heavy atom. The molecule has 0 saturated heterocycles. The highest BCUT2D eigenvalue weighted by molar-refractivity contribution is 5.30. The number of benzene rings is 1. The van der Waals surface area contributed by atoms with Crippen LogP contribution in [0.25, 0.3) is 0 Å². The highest BCUT2D eigenvalue weighted by atomic mass is 14.8. The smallest absolute Gasteiger partial charge is 0.0334 e. The Kier molecular flexibility index (Phi) is 3.55. The number of rotatable bonds is 4. The molecular formula is C18H29N. The predicted molar refractivity (Wildman–Crippen MR) is 83.0 cm³/mol. The van der Waals surface area contributed by atoms with Crippen molar-refractivity contribution in [3.8, 4) is 0 Å². The molecule has 19 heavy (non-hydrogen) atoms. The third kappa shape index (κ3) is 2.45. The minimum Gasteiger partial charge on any atom is -0.324 e. The van der Waals surface area contributed by atoms with Crippen molar-refractivity contribution in [3.63, 3.8) is 0 Å². The maximum atomic E-state index is 6.55. The van der Waals surface area contributed by atoms with Crippen LogP contribution in [0, 0.1) is 22.7 Å². The van der Waals surface area contributed by atoms with Crippen molar-refractivity contribution in [1.29, 1.82) is 0 Å². The van der Waals surface area contributed by atoms with E-state index in [0.29, 0.717) is 22.7 Å². The van der Waals surface area contributed by atoms with E-state index in [1.807, 2.05) is 0 Å². The minimum absolute atomic E-state index is 0.164. The number of hydrogen-bond donors (Lipinski definition) is 1. The van der Waals surface area contributed by atoms with Gasteiger partial charge in [-0.2, -0.15) is 0 Å². The summed E-state index contributed by atoms with van der Waals surface area (Å²) in [6.45, 7) is 13.9. The Balaban J connectivity index is 2.19. The first-order valence-electron chi connectivity index (χ1n) is 7.52. The fourth-order valence-corrected chi connectivity index (χ4v) is 3.74. The zero-order chi connectivity index (χ0) is 14.4. The lowest BCUT2D eigenvalue weighted by molar-refractivity contribution is 0.457. The molecule has 1 unspecified atom stereocenters. The molecule has 0 bridgehead atoms.